The van der Waals surface area contributed by atoms with Gasteiger partial charge in [-0.05, 0) is 31.2 Å². The number of para-hydroxylation sites is 1. The molecule has 3 nitrogen and oxygen atoms in total. The van der Waals surface area contributed by atoms with E-state index >= 15 is 0 Å². The van der Waals surface area contributed by atoms with Gasteiger partial charge in [-0.15, -0.1) is 0 Å². The van der Waals surface area contributed by atoms with Gasteiger partial charge in [0.15, 0.2) is 11.5 Å². The molecular formula is C16H18ClNO2. The first kappa shape index (κ1) is 14.5. The Hall–Kier alpha value is -1.87. The average molecular weight is 292 g/mol. The molecule has 4 heteroatoms. The van der Waals surface area contributed by atoms with Crippen molar-refractivity contribution in [3.05, 3.63) is 53.1 Å². The third-order valence-electron chi connectivity index (χ3n) is 2.87. The first-order chi connectivity index (χ1) is 9.74. The number of halogens is 1. The largest absolute Gasteiger partial charge is 0.493 e. The van der Waals surface area contributed by atoms with Gasteiger partial charge in [0.2, 0.25) is 0 Å². The highest BCUT2D eigenvalue weighted by atomic mass is 35.5. The Kier molecular flexibility index (Phi) is 5.13. The molecule has 0 amide bonds. The van der Waals surface area contributed by atoms with E-state index in [2.05, 4.69) is 5.32 Å². The van der Waals surface area contributed by atoms with Crippen molar-refractivity contribution in [3.63, 3.8) is 0 Å². The summed E-state index contributed by atoms with van der Waals surface area (Å²) < 4.78 is 11.0. The number of hydrogen-bond donors (Lipinski definition) is 1. The summed E-state index contributed by atoms with van der Waals surface area (Å²) in [6.45, 7) is 3.21. The van der Waals surface area contributed by atoms with Crippen LogP contribution in [0.2, 0.25) is 5.02 Å². The second kappa shape index (κ2) is 7.06. The predicted molar refractivity (Wildman–Crippen MR) is 82.9 cm³/mol. The van der Waals surface area contributed by atoms with Crippen LogP contribution in [0.3, 0.4) is 0 Å². The second-order valence-electron chi connectivity index (χ2n) is 4.25. The van der Waals surface area contributed by atoms with E-state index in [0.29, 0.717) is 18.2 Å². The molecule has 0 unspecified atom stereocenters. The molecule has 0 bridgehead atoms. The summed E-state index contributed by atoms with van der Waals surface area (Å²) in [5.74, 6) is 1.53. The topological polar surface area (TPSA) is 30.5 Å². The Balaban J connectivity index is 2.14. The third kappa shape index (κ3) is 3.58. The molecule has 0 spiro atoms. The summed E-state index contributed by atoms with van der Waals surface area (Å²) in [5, 5.41) is 4.04. The number of benzene rings is 2. The van der Waals surface area contributed by atoms with Crippen molar-refractivity contribution in [1.29, 1.82) is 0 Å². The van der Waals surface area contributed by atoms with Crippen LogP contribution in [0.5, 0.6) is 11.5 Å². The summed E-state index contributed by atoms with van der Waals surface area (Å²) in [4.78, 5) is 0. The van der Waals surface area contributed by atoms with Gasteiger partial charge in [-0.25, -0.2) is 0 Å². The molecule has 0 heterocycles. The fourth-order valence-electron chi connectivity index (χ4n) is 2.00. The van der Waals surface area contributed by atoms with Crippen molar-refractivity contribution in [2.45, 2.75) is 13.5 Å². The molecule has 2 rings (SSSR count). The summed E-state index contributed by atoms with van der Waals surface area (Å²) >= 11 is 5.97. The molecular weight excluding hydrogens is 274 g/mol. The Labute approximate surface area is 124 Å². The van der Waals surface area contributed by atoms with E-state index in [0.717, 1.165) is 22.7 Å². The zero-order chi connectivity index (χ0) is 14.4. The number of methoxy groups -OCH3 is 1. The summed E-state index contributed by atoms with van der Waals surface area (Å²) in [6.07, 6.45) is 0. The van der Waals surface area contributed by atoms with E-state index in [9.17, 15) is 0 Å². The average Bonchev–Trinajstić information content (AvgIpc) is 2.45. The minimum Gasteiger partial charge on any atom is -0.493 e. The van der Waals surface area contributed by atoms with Crippen LogP contribution in [-0.2, 0) is 6.54 Å². The first-order valence-electron chi connectivity index (χ1n) is 6.52. The van der Waals surface area contributed by atoms with E-state index in [-0.39, 0.29) is 0 Å². The summed E-state index contributed by atoms with van der Waals surface area (Å²) in [5.41, 5.74) is 2.01. The summed E-state index contributed by atoms with van der Waals surface area (Å²) in [7, 11) is 1.65. The van der Waals surface area contributed by atoms with Gasteiger partial charge in [0, 0.05) is 22.8 Å². The Morgan fingerprint density at radius 3 is 2.65 bits per heavy atom. The normalized spacial score (nSPS) is 10.2. The van der Waals surface area contributed by atoms with Crippen LogP contribution in [0.4, 0.5) is 5.69 Å². The van der Waals surface area contributed by atoms with Crippen molar-refractivity contribution in [2.24, 2.45) is 0 Å². The molecule has 0 aromatic heterocycles. The molecule has 0 aliphatic heterocycles. The fraction of sp³-hybridized carbons (Fsp3) is 0.250. The lowest BCUT2D eigenvalue weighted by atomic mass is 10.1. The minimum absolute atomic E-state index is 0.613. The van der Waals surface area contributed by atoms with E-state index in [4.69, 9.17) is 21.1 Å². The quantitative estimate of drug-likeness (QED) is 0.858. The maximum Gasteiger partial charge on any atom is 0.165 e. The fourth-order valence-corrected chi connectivity index (χ4v) is 2.19. The Morgan fingerprint density at radius 1 is 1.15 bits per heavy atom. The van der Waals surface area contributed by atoms with Gasteiger partial charge in [-0.1, -0.05) is 29.8 Å². The van der Waals surface area contributed by atoms with Crippen molar-refractivity contribution >= 4 is 17.3 Å². The van der Waals surface area contributed by atoms with Crippen molar-refractivity contribution in [2.75, 3.05) is 19.0 Å². The molecule has 0 saturated carbocycles. The van der Waals surface area contributed by atoms with E-state index in [1.807, 2.05) is 49.4 Å². The maximum absolute atomic E-state index is 5.97. The standard InChI is InChI=1S/C16H18ClNO2/c1-3-20-15-9-4-6-12(16(15)19-2)11-18-14-8-5-7-13(17)10-14/h4-10,18H,3,11H2,1-2H3. The number of ether oxygens (including phenoxy) is 2. The number of hydrogen-bond acceptors (Lipinski definition) is 3. The van der Waals surface area contributed by atoms with Gasteiger partial charge in [0.25, 0.3) is 0 Å². The zero-order valence-corrected chi connectivity index (χ0v) is 12.4. The summed E-state index contributed by atoms with van der Waals surface area (Å²) in [6, 6.07) is 13.5. The highest BCUT2D eigenvalue weighted by Gasteiger charge is 2.09. The van der Waals surface area contributed by atoms with E-state index < -0.39 is 0 Å². The number of anilines is 1. The van der Waals surface area contributed by atoms with Crippen LogP contribution in [0, 0.1) is 0 Å². The predicted octanol–water partition coefficient (Wildman–Crippen LogP) is 4.36. The van der Waals surface area contributed by atoms with Gasteiger partial charge < -0.3 is 14.8 Å². The Bertz CT molecular complexity index is 572. The minimum atomic E-state index is 0.613. The highest BCUT2D eigenvalue weighted by Crippen LogP contribution is 2.31. The Morgan fingerprint density at radius 2 is 1.95 bits per heavy atom. The molecule has 2 aromatic rings. The number of rotatable bonds is 6. The lowest BCUT2D eigenvalue weighted by Crippen LogP contribution is -2.03. The molecule has 0 radical (unpaired) electrons. The van der Waals surface area contributed by atoms with Crippen molar-refractivity contribution in [3.8, 4) is 11.5 Å². The molecule has 0 aliphatic rings. The van der Waals surface area contributed by atoms with Crippen LogP contribution >= 0.6 is 11.6 Å². The van der Waals surface area contributed by atoms with Crippen molar-refractivity contribution in [1.82, 2.24) is 0 Å². The first-order valence-corrected chi connectivity index (χ1v) is 6.90. The third-order valence-corrected chi connectivity index (χ3v) is 3.11. The SMILES string of the molecule is CCOc1cccc(CNc2cccc(Cl)c2)c1OC. The smallest absolute Gasteiger partial charge is 0.165 e. The van der Waals surface area contributed by atoms with Gasteiger partial charge in [0.1, 0.15) is 0 Å². The van der Waals surface area contributed by atoms with E-state index in [1.165, 1.54) is 0 Å². The molecule has 1 N–H and O–H groups in total. The molecule has 0 fully saturated rings. The van der Waals surface area contributed by atoms with Gasteiger partial charge in [-0.3, -0.25) is 0 Å². The van der Waals surface area contributed by atoms with Crippen LogP contribution in [-0.4, -0.2) is 13.7 Å². The second-order valence-corrected chi connectivity index (χ2v) is 4.68. The van der Waals surface area contributed by atoms with Crippen LogP contribution in [0.1, 0.15) is 12.5 Å². The van der Waals surface area contributed by atoms with Gasteiger partial charge in [-0.2, -0.15) is 0 Å². The molecule has 0 saturated heterocycles. The van der Waals surface area contributed by atoms with Crippen LogP contribution in [0.15, 0.2) is 42.5 Å². The van der Waals surface area contributed by atoms with Crippen LogP contribution in [0.25, 0.3) is 0 Å². The lowest BCUT2D eigenvalue weighted by molar-refractivity contribution is 0.309. The molecule has 20 heavy (non-hydrogen) atoms. The van der Waals surface area contributed by atoms with Gasteiger partial charge in [0.05, 0.1) is 13.7 Å². The molecule has 106 valence electrons. The molecule has 2 aromatic carbocycles. The lowest BCUT2D eigenvalue weighted by Gasteiger charge is -2.14. The molecule has 0 atom stereocenters. The zero-order valence-electron chi connectivity index (χ0n) is 11.7. The van der Waals surface area contributed by atoms with Crippen LogP contribution < -0.4 is 14.8 Å². The molecule has 0 aliphatic carbocycles. The monoisotopic (exact) mass is 291 g/mol. The highest BCUT2D eigenvalue weighted by molar-refractivity contribution is 6.30. The van der Waals surface area contributed by atoms with Gasteiger partial charge >= 0.3 is 0 Å². The van der Waals surface area contributed by atoms with E-state index in [1.54, 1.807) is 7.11 Å². The van der Waals surface area contributed by atoms with Crippen molar-refractivity contribution < 1.29 is 9.47 Å². The maximum atomic E-state index is 5.97. The number of nitrogens with one attached hydrogen (secondary N) is 1.